The highest BCUT2D eigenvalue weighted by Crippen LogP contribution is 1.98. The maximum atomic E-state index is 10.8. The van der Waals surface area contributed by atoms with E-state index in [2.05, 4.69) is 0 Å². The number of ether oxygens (including phenoxy) is 2. The van der Waals surface area contributed by atoms with Gasteiger partial charge in [0.05, 0.1) is 39.3 Å². The molecule has 0 aliphatic heterocycles. The van der Waals surface area contributed by atoms with E-state index in [1.165, 1.54) is 0 Å². The van der Waals surface area contributed by atoms with Gasteiger partial charge in [-0.3, -0.25) is 9.59 Å². The number of carbonyl (C=O) groups excluding carboxylic acids is 2. The summed E-state index contributed by atoms with van der Waals surface area (Å²) in [7, 11) is 0. The minimum Gasteiger partial charge on any atom is -0.466 e. The first kappa shape index (κ1) is 15.9. The molecule has 0 saturated heterocycles. The van der Waals surface area contributed by atoms with Gasteiger partial charge in [0.2, 0.25) is 0 Å². The minimum atomic E-state index is -0.401. The van der Waals surface area contributed by atoms with Crippen LogP contribution in [0.2, 0.25) is 0 Å². The number of aliphatic hydroxyl groups is 2. The van der Waals surface area contributed by atoms with Crippen LogP contribution in [0.15, 0.2) is 0 Å². The molecule has 0 radical (unpaired) electrons. The molecule has 0 aromatic carbocycles. The number of hydrogen-bond donors (Lipinski definition) is 2. The third kappa shape index (κ3) is 11.1. The number of esters is 2. The molecule has 0 aromatic rings. The first-order valence-corrected chi connectivity index (χ1v) is 5.73. The Hall–Kier alpha value is -1.14. The molecule has 6 heteroatoms. The molecule has 0 aliphatic carbocycles. The van der Waals surface area contributed by atoms with Gasteiger partial charge < -0.3 is 19.7 Å². The van der Waals surface area contributed by atoms with Crippen LogP contribution in [0.1, 0.15) is 32.1 Å². The Kier molecular flexibility index (Phi) is 10.6. The lowest BCUT2D eigenvalue weighted by molar-refractivity contribution is -0.144. The molecule has 0 rings (SSSR count). The van der Waals surface area contributed by atoms with Crippen molar-refractivity contribution in [1.82, 2.24) is 0 Å². The Morgan fingerprint density at radius 3 is 1.53 bits per heavy atom. The molecule has 0 unspecified atom stereocenters. The van der Waals surface area contributed by atoms with Crippen molar-refractivity contribution in [3.05, 3.63) is 0 Å². The predicted molar refractivity (Wildman–Crippen MR) is 59.2 cm³/mol. The van der Waals surface area contributed by atoms with Crippen LogP contribution in [0.5, 0.6) is 0 Å². The molecule has 6 nitrogen and oxygen atoms in total. The topological polar surface area (TPSA) is 93.1 Å². The molecule has 0 saturated carbocycles. The van der Waals surface area contributed by atoms with Gasteiger partial charge in [0.15, 0.2) is 0 Å². The second-order valence-electron chi connectivity index (χ2n) is 3.45. The first-order chi connectivity index (χ1) is 8.20. The van der Waals surface area contributed by atoms with E-state index in [1.54, 1.807) is 0 Å². The zero-order valence-corrected chi connectivity index (χ0v) is 9.89. The summed E-state index contributed by atoms with van der Waals surface area (Å²) in [4.78, 5) is 21.6. The van der Waals surface area contributed by atoms with Crippen LogP contribution in [0, 0.1) is 0 Å². The lowest BCUT2D eigenvalue weighted by Crippen LogP contribution is -2.09. The molecule has 0 heterocycles. The summed E-state index contributed by atoms with van der Waals surface area (Å²) in [5, 5.41) is 16.9. The van der Waals surface area contributed by atoms with E-state index in [4.69, 9.17) is 19.7 Å². The standard InChI is InChI=1S/C11H20O6/c12-6-4-10(14)16-8-2-1-3-9-17-11(15)5-7-13/h12-13H,1-9H2. The summed E-state index contributed by atoms with van der Waals surface area (Å²) in [5.41, 5.74) is 0. The minimum absolute atomic E-state index is 0.0266. The van der Waals surface area contributed by atoms with E-state index in [1.807, 2.05) is 0 Å². The Balaban J connectivity index is 3.18. The van der Waals surface area contributed by atoms with E-state index in [-0.39, 0.29) is 26.1 Å². The Morgan fingerprint density at radius 1 is 0.765 bits per heavy atom. The zero-order valence-electron chi connectivity index (χ0n) is 9.89. The largest absolute Gasteiger partial charge is 0.466 e. The summed E-state index contributed by atoms with van der Waals surface area (Å²) >= 11 is 0. The highest BCUT2D eigenvalue weighted by Gasteiger charge is 2.02. The van der Waals surface area contributed by atoms with Crippen LogP contribution in [-0.2, 0) is 19.1 Å². The van der Waals surface area contributed by atoms with Crippen molar-refractivity contribution in [2.24, 2.45) is 0 Å². The maximum Gasteiger partial charge on any atom is 0.308 e. The monoisotopic (exact) mass is 248 g/mol. The van der Waals surface area contributed by atoms with Crippen molar-refractivity contribution in [3.63, 3.8) is 0 Å². The van der Waals surface area contributed by atoms with Crippen LogP contribution in [0.3, 0.4) is 0 Å². The molecule has 0 spiro atoms. The van der Waals surface area contributed by atoms with Crippen molar-refractivity contribution < 1.29 is 29.3 Å². The summed E-state index contributed by atoms with van der Waals surface area (Å²) in [6, 6.07) is 0. The van der Waals surface area contributed by atoms with Crippen LogP contribution in [0.25, 0.3) is 0 Å². The van der Waals surface area contributed by atoms with Crippen molar-refractivity contribution in [2.75, 3.05) is 26.4 Å². The van der Waals surface area contributed by atoms with Gasteiger partial charge in [-0.1, -0.05) is 0 Å². The number of unbranched alkanes of at least 4 members (excludes halogenated alkanes) is 2. The summed E-state index contributed by atoms with van der Waals surface area (Å²) in [6.07, 6.45) is 2.25. The first-order valence-electron chi connectivity index (χ1n) is 5.73. The van der Waals surface area contributed by atoms with E-state index in [9.17, 15) is 9.59 Å². The summed E-state index contributed by atoms with van der Waals surface area (Å²) in [5.74, 6) is -0.802. The highest BCUT2D eigenvalue weighted by atomic mass is 16.5. The van der Waals surface area contributed by atoms with Crippen LogP contribution in [0.4, 0.5) is 0 Å². The maximum absolute atomic E-state index is 10.8. The normalized spacial score (nSPS) is 10.0. The van der Waals surface area contributed by atoms with Gasteiger partial charge in [0.25, 0.3) is 0 Å². The number of rotatable bonds is 10. The molecular weight excluding hydrogens is 228 g/mol. The average Bonchev–Trinajstić information content (AvgIpc) is 2.28. The van der Waals surface area contributed by atoms with E-state index in [0.29, 0.717) is 26.1 Å². The molecule has 0 aliphatic rings. The molecule has 0 atom stereocenters. The van der Waals surface area contributed by atoms with Crippen molar-refractivity contribution in [3.8, 4) is 0 Å². The SMILES string of the molecule is O=C(CCO)OCCCCCOC(=O)CCO. The number of carbonyl (C=O) groups is 2. The van der Waals surface area contributed by atoms with Crippen molar-refractivity contribution in [1.29, 1.82) is 0 Å². The molecule has 0 aromatic heterocycles. The lowest BCUT2D eigenvalue weighted by Gasteiger charge is -2.05. The van der Waals surface area contributed by atoms with Gasteiger partial charge in [0.1, 0.15) is 0 Å². The molecule has 100 valence electrons. The molecule has 2 N–H and O–H groups in total. The van der Waals surface area contributed by atoms with Crippen LogP contribution < -0.4 is 0 Å². The Labute approximate surface area is 101 Å². The summed E-state index contributed by atoms with van der Waals surface area (Å²) in [6.45, 7) is 0.256. The number of hydrogen-bond acceptors (Lipinski definition) is 6. The Morgan fingerprint density at radius 2 is 1.18 bits per heavy atom. The zero-order chi connectivity index (χ0) is 12.9. The van der Waals surface area contributed by atoms with Gasteiger partial charge in [-0.25, -0.2) is 0 Å². The smallest absolute Gasteiger partial charge is 0.308 e. The van der Waals surface area contributed by atoms with Gasteiger partial charge in [0, 0.05) is 0 Å². The van der Waals surface area contributed by atoms with Gasteiger partial charge in [-0.05, 0) is 19.3 Å². The van der Waals surface area contributed by atoms with E-state index >= 15 is 0 Å². The molecule has 17 heavy (non-hydrogen) atoms. The van der Waals surface area contributed by atoms with Crippen molar-refractivity contribution in [2.45, 2.75) is 32.1 Å². The summed E-state index contributed by atoms with van der Waals surface area (Å²) < 4.78 is 9.62. The van der Waals surface area contributed by atoms with Crippen LogP contribution >= 0.6 is 0 Å². The Bertz CT molecular complexity index is 194. The highest BCUT2D eigenvalue weighted by molar-refractivity contribution is 5.69. The molecule has 0 bridgehead atoms. The van der Waals surface area contributed by atoms with E-state index < -0.39 is 11.9 Å². The van der Waals surface area contributed by atoms with Gasteiger partial charge >= 0.3 is 11.9 Å². The molecule has 0 amide bonds. The fourth-order valence-electron chi connectivity index (χ4n) is 1.08. The fourth-order valence-corrected chi connectivity index (χ4v) is 1.08. The third-order valence-corrected chi connectivity index (χ3v) is 1.95. The quantitative estimate of drug-likeness (QED) is 0.418. The lowest BCUT2D eigenvalue weighted by atomic mass is 10.2. The molecule has 0 fully saturated rings. The van der Waals surface area contributed by atoms with Crippen LogP contribution in [-0.4, -0.2) is 48.6 Å². The number of aliphatic hydroxyl groups excluding tert-OH is 2. The second-order valence-corrected chi connectivity index (χ2v) is 3.45. The second kappa shape index (κ2) is 11.3. The average molecular weight is 248 g/mol. The molecular formula is C11H20O6. The van der Waals surface area contributed by atoms with Gasteiger partial charge in [-0.15, -0.1) is 0 Å². The third-order valence-electron chi connectivity index (χ3n) is 1.95. The predicted octanol–water partition coefficient (Wildman–Crippen LogP) is 0.00790. The van der Waals surface area contributed by atoms with E-state index in [0.717, 1.165) is 6.42 Å². The van der Waals surface area contributed by atoms with Crippen molar-refractivity contribution >= 4 is 11.9 Å². The van der Waals surface area contributed by atoms with Gasteiger partial charge in [-0.2, -0.15) is 0 Å². The fraction of sp³-hybridized carbons (Fsp3) is 0.818.